The molecule has 0 aliphatic carbocycles. The average molecular weight is 464 g/mol. The van der Waals surface area contributed by atoms with Crippen molar-refractivity contribution in [3.05, 3.63) is 58.7 Å². The maximum absolute atomic E-state index is 12.8. The summed E-state index contributed by atoms with van der Waals surface area (Å²) in [7, 11) is 0. The van der Waals surface area contributed by atoms with Gasteiger partial charge in [0.05, 0.1) is 21.5 Å². The Morgan fingerprint density at radius 1 is 1.10 bits per heavy atom. The second kappa shape index (κ2) is 8.86. The average Bonchev–Trinajstić information content (AvgIpc) is 3.37. The van der Waals surface area contributed by atoms with E-state index in [4.69, 9.17) is 0 Å². The van der Waals surface area contributed by atoms with E-state index >= 15 is 0 Å². The molecule has 0 aliphatic heterocycles. The molecule has 3 aromatic heterocycles. The smallest absolute Gasteiger partial charge is 0.368 e. The quantitative estimate of drug-likeness (QED) is 0.352. The summed E-state index contributed by atoms with van der Waals surface area (Å²) in [5.74, 6) is 0.758. The molecular formula is C19H15F3N6OS2. The van der Waals surface area contributed by atoms with Crippen molar-refractivity contribution in [3.8, 4) is 0 Å². The topological polar surface area (TPSA) is 91.8 Å². The Bertz CT molecular complexity index is 1210. The van der Waals surface area contributed by atoms with E-state index in [2.05, 4.69) is 30.9 Å². The van der Waals surface area contributed by atoms with Crippen LogP contribution in [0.3, 0.4) is 0 Å². The van der Waals surface area contributed by atoms with Crippen LogP contribution in [0, 0.1) is 0 Å². The fourth-order valence-corrected chi connectivity index (χ4v) is 4.29. The number of aromatic nitrogens is 3. The number of halogens is 3. The predicted molar refractivity (Wildman–Crippen MR) is 116 cm³/mol. The summed E-state index contributed by atoms with van der Waals surface area (Å²) in [6.07, 6.45) is -2.37. The van der Waals surface area contributed by atoms with Crippen molar-refractivity contribution in [2.24, 2.45) is 0 Å². The number of thiophene rings is 1. The van der Waals surface area contributed by atoms with Crippen molar-refractivity contribution in [2.75, 3.05) is 22.5 Å². The number of nitrogens with one attached hydrogen (secondary N) is 3. The molecule has 3 N–H and O–H groups in total. The summed E-state index contributed by atoms with van der Waals surface area (Å²) in [5.41, 5.74) is 0.855. The lowest BCUT2D eigenvalue weighted by molar-refractivity contribution is -0.137. The zero-order valence-electron chi connectivity index (χ0n) is 15.7. The van der Waals surface area contributed by atoms with Crippen LogP contribution in [0.5, 0.6) is 0 Å². The first-order valence-electron chi connectivity index (χ1n) is 9.00. The number of amides is 2. The van der Waals surface area contributed by atoms with Gasteiger partial charge in [-0.1, -0.05) is 6.07 Å². The first-order chi connectivity index (χ1) is 14.9. The van der Waals surface area contributed by atoms with Crippen LogP contribution in [0.15, 0.2) is 47.4 Å². The van der Waals surface area contributed by atoms with Crippen LogP contribution in [0.25, 0.3) is 10.2 Å². The van der Waals surface area contributed by atoms with Gasteiger partial charge in [-0.2, -0.15) is 13.2 Å². The lowest BCUT2D eigenvalue weighted by atomic mass is 10.2. The minimum atomic E-state index is -4.48. The highest BCUT2D eigenvalue weighted by atomic mass is 32.1. The number of nitrogens with zero attached hydrogens (tertiary/aromatic N) is 3. The van der Waals surface area contributed by atoms with Crippen molar-refractivity contribution in [1.29, 1.82) is 0 Å². The van der Waals surface area contributed by atoms with E-state index < -0.39 is 17.8 Å². The van der Waals surface area contributed by atoms with E-state index in [-0.39, 0.29) is 5.69 Å². The molecular weight excluding hydrogens is 449 g/mol. The van der Waals surface area contributed by atoms with Crippen molar-refractivity contribution < 1.29 is 18.0 Å². The van der Waals surface area contributed by atoms with Gasteiger partial charge in [-0.15, -0.1) is 22.7 Å². The molecule has 160 valence electrons. The Labute approximate surface area is 182 Å². The van der Waals surface area contributed by atoms with Gasteiger partial charge in [0, 0.05) is 24.0 Å². The fourth-order valence-electron chi connectivity index (χ4n) is 2.74. The SMILES string of the molecule is O=C(Nc1cccc(C(F)(F)F)c1)Nc1nc(CCNc2ncnc3ccsc23)cs1. The Kier molecular flexibility index (Phi) is 6.00. The summed E-state index contributed by atoms with van der Waals surface area (Å²) in [6, 6.07) is 5.68. The molecule has 0 unspecified atom stereocenters. The number of thiazole rings is 1. The largest absolute Gasteiger partial charge is 0.416 e. The third-order valence-electron chi connectivity index (χ3n) is 4.14. The Morgan fingerprint density at radius 2 is 1.97 bits per heavy atom. The van der Waals surface area contributed by atoms with E-state index in [0.29, 0.717) is 18.1 Å². The standard InChI is InChI=1S/C19H15F3N6OS2/c20-19(21,22)11-2-1-3-12(8-11)26-17(29)28-18-27-13(9-31-18)4-6-23-16-15-14(5-7-30-15)24-10-25-16/h1-3,5,7-10H,4,6H2,(H,23,24,25)(H2,26,27,28,29). The Hall–Kier alpha value is -3.25. The number of alkyl halides is 3. The molecule has 31 heavy (non-hydrogen) atoms. The molecule has 4 aromatic rings. The number of anilines is 3. The molecule has 0 saturated heterocycles. The van der Waals surface area contributed by atoms with Crippen molar-refractivity contribution in [2.45, 2.75) is 12.6 Å². The maximum Gasteiger partial charge on any atom is 0.416 e. The highest BCUT2D eigenvalue weighted by Crippen LogP contribution is 2.30. The number of hydrogen-bond acceptors (Lipinski definition) is 7. The molecule has 0 radical (unpaired) electrons. The molecule has 0 saturated carbocycles. The first-order valence-corrected chi connectivity index (χ1v) is 10.8. The zero-order valence-corrected chi connectivity index (χ0v) is 17.4. The lowest BCUT2D eigenvalue weighted by Gasteiger charge is -2.09. The van der Waals surface area contributed by atoms with Gasteiger partial charge >= 0.3 is 12.2 Å². The van der Waals surface area contributed by atoms with Gasteiger partial charge in [0.15, 0.2) is 5.13 Å². The maximum atomic E-state index is 12.8. The van der Waals surface area contributed by atoms with Crippen LogP contribution in [-0.2, 0) is 12.6 Å². The minimum Gasteiger partial charge on any atom is -0.368 e. The molecule has 0 bridgehead atoms. The molecule has 2 amide bonds. The second-order valence-electron chi connectivity index (χ2n) is 6.34. The van der Waals surface area contributed by atoms with E-state index in [0.717, 1.165) is 33.9 Å². The summed E-state index contributed by atoms with van der Waals surface area (Å²) < 4.78 is 39.3. The highest BCUT2D eigenvalue weighted by molar-refractivity contribution is 7.17. The van der Waals surface area contributed by atoms with Gasteiger partial charge in [0.1, 0.15) is 12.1 Å². The van der Waals surface area contributed by atoms with Gasteiger partial charge in [-0.25, -0.2) is 19.7 Å². The zero-order chi connectivity index (χ0) is 21.8. The number of hydrogen-bond donors (Lipinski definition) is 3. The summed E-state index contributed by atoms with van der Waals surface area (Å²) in [5, 5.41) is 12.3. The number of carbonyl (C=O) groups excluding carboxylic acids is 1. The van der Waals surface area contributed by atoms with E-state index in [1.807, 2.05) is 16.8 Å². The molecule has 0 atom stereocenters. The molecule has 1 aromatic carbocycles. The van der Waals surface area contributed by atoms with Crippen LogP contribution in [0.2, 0.25) is 0 Å². The molecule has 0 fully saturated rings. The molecule has 12 heteroatoms. The Balaban J connectivity index is 1.30. The molecule has 4 rings (SSSR count). The van der Waals surface area contributed by atoms with Crippen LogP contribution in [0.4, 0.5) is 34.6 Å². The van der Waals surface area contributed by atoms with Crippen LogP contribution in [-0.4, -0.2) is 27.5 Å². The third-order valence-corrected chi connectivity index (χ3v) is 5.85. The van der Waals surface area contributed by atoms with Crippen molar-refractivity contribution in [3.63, 3.8) is 0 Å². The Morgan fingerprint density at radius 3 is 2.81 bits per heavy atom. The molecule has 7 nitrogen and oxygen atoms in total. The molecule has 0 aliphatic rings. The number of carbonyl (C=O) groups is 1. The van der Waals surface area contributed by atoms with Gasteiger partial charge in [0.25, 0.3) is 0 Å². The summed E-state index contributed by atoms with van der Waals surface area (Å²) >= 11 is 2.79. The minimum absolute atomic E-state index is 0.0399. The predicted octanol–water partition coefficient (Wildman–Crippen LogP) is 5.47. The van der Waals surface area contributed by atoms with Crippen LogP contribution < -0.4 is 16.0 Å². The van der Waals surface area contributed by atoms with E-state index in [1.165, 1.54) is 29.8 Å². The monoisotopic (exact) mass is 464 g/mol. The van der Waals surface area contributed by atoms with E-state index in [9.17, 15) is 18.0 Å². The van der Waals surface area contributed by atoms with Gasteiger partial charge < -0.3 is 10.6 Å². The molecule has 0 spiro atoms. The van der Waals surface area contributed by atoms with Crippen LogP contribution in [0.1, 0.15) is 11.3 Å². The van der Waals surface area contributed by atoms with Crippen molar-refractivity contribution in [1.82, 2.24) is 15.0 Å². The number of rotatable bonds is 6. The van der Waals surface area contributed by atoms with Crippen LogP contribution >= 0.6 is 22.7 Å². The lowest BCUT2D eigenvalue weighted by Crippen LogP contribution is -2.19. The van der Waals surface area contributed by atoms with Crippen molar-refractivity contribution >= 4 is 55.6 Å². The number of fused-ring (bicyclic) bond motifs is 1. The van der Waals surface area contributed by atoms with Gasteiger partial charge in [0.2, 0.25) is 0 Å². The summed E-state index contributed by atoms with van der Waals surface area (Å²) in [4.78, 5) is 24.9. The molecule has 3 heterocycles. The first kappa shape index (κ1) is 21.0. The highest BCUT2D eigenvalue weighted by Gasteiger charge is 2.30. The summed E-state index contributed by atoms with van der Waals surface area (Å²) in [6.45, 7) is 0.587. The van der Waals surface area contributed by atoms with Gasteiger partial charge in [-0.3, -0.25) is 5.32 Å². The normalized spacial score (nSPS) is 11.5. The van der Waals surface area contributed by atoms with Gasteiger partial charge in [-0.05, 0) is 29.6 Å². The third kappa shape index (κ3) is 5.27. The number of urea groups is 1. The van der Waals surface area contributed by atoms with E-state index in [1.54, 1.807) is 11.3 Å². The number of benzene rings is 1. The second-order valence-corrected chi connectivity index (χ2v) is 8.11. The fraction of sp³-hybridized carbons (Fsp3) is 0.158.